The van der Waals surface area contributed by atoms with Crippen molar-refractivity contribution in [2.24, 2.45) is 0 Å². The third-order valence-electron chi connectivity index (χ3n) is 1.24. The summed E-state index contributed by atoms with van der Waals surface area (Å²) in [5.74, 6) is 0.641. The quantitative estimate of drug-likeness (QED) is 0.843. The number of hydrogen-bond donors (Lipinski definition) is 1. The third kappa shape index (κ3) is 2.69. The Morgan fingerprint density at radius 3 is 2.92 bits per heavy atom. The highest BCUT2D eigenvalue weighted by Crippen LogP contribution is 2.18. The van der Waals surface area contributed by atoms with Gasteiger partial charge < -0.3 is 8.38 Å². The molecule has 0 aliphatic carbocycles. The van der Waals surface area contributed by atoms with Crippen molar-refractivity contribution >= 4 is 34.6 Å². The Labute approximate surface area is 84.8 Å². The van der Waals surface area contributed by atoms with E-state index in [0.29, 0.717) is 0 Å². The fraction of sp³-hybridized carbons (Fsp3) is 0.125. The Hall–Kier alpha value is -0.780. The molecule has 0 unspecified atom stereocenters. The average Bonchev–Trinajstić information content (AvgIpc) is 2.03. The summed E-state index contributed by atoms with van der Waals surface area (Å²) in [4.78, 5) is 10.7. The van der Waals surface area contributed by atoms with Crippen LogP contribution in [0.3, 0.4) is 0 Å². The first-order valence-electron chi connectivity index (χ1n) is 3.38. The second-order valence-electron chi connectivity index (χ2n) is 2.29. The molecule has 0 aliphatic rings. The van der Waals surface area contributed by atoms with E-state index in [2.05, 4.69) is 5.32 Å². The van der Waals surface area contributed by atoms with Crippen LogP contribution in [0.2, 0.25) is 0 Å². The zero-order valence-corrected chi connectivity index (χ0v) is 8.66. The van der Waals surface area contributed by atoms with E-state index in [1.54, 1.807) is 35.1 Å². The minimum atomic E-state index is -0.0828. The Morgan fingerprint density at radius 2 is 2.33 bits per heavy atom. The second kappa shape index (κ2) is 4.30. The van der Waals surface area contributed by atoms with Gasteiger partial charge >= 0.3 is 0 Å². The lowest BCUT2D eigenvalue weighted by atomic mass is 10.3. The Kier molecular flexibility index (Phi) is 3.33. The van der Waals surface area contributed by atoms with Crippen LogP contribution in [0.25, 0.3) is 0 Å². The number of nitrogens with one attached hydrogen (secondary N) is 1. The van der Waals surface area contributed by atoms with E-state index in [1.165, 1.54) is 6.92 Å². The maximum Gasteiger partial charge on any atom is 0.221 e. The van der Waals surface area contributed by atoms with Crippen LogP contribution in [0.5, 0.6) is 5.75 Å². The monoisotopic (exact) mass is 277 g/mol. The van der Waals surface area contributed by atoms with E-state index in [-0.39, 0.29) is 5.91 Å². The van der Waals surface area contributed by atoms with Gasteiger partial charge in [0.2, 0.25) is 5.91 Å². The maximum atomic E-state index is 10.7. The third-order valence-corrected chi connectivity index (χ3v) is 1.75. The first-order valence-corrected chi connectivity index (χ1v) is 4.26. The second-order valence-corrected chi connectivity index (χ2v) is 2.73. The van der Waals surface area contributed by atoms with Gasteiger partial charge in [-0.05, 0) is 12.1 Å². The van der Waals surface area contributed by atoms with Crippen LogP contribution in [-0.4, -0.2) is 5.91 Å². The van der Waals surface area contributed by atoms with Gasteiger partial charge in [-0.1, -0.05) is 6.07 Å². The van der Waals surface area contributed by atoms with Crippen molar-refractivity contribution in [1.29, 1.82) is 0 Å². The highest BCUT2D eigenvalue weighted by molar-refractivity contribution is 14.1. The van der Waals surface area contributed by atoms with Crippen LogP contribution in [0.4, 0.5) is 5.69 Å². The van der Waals surface area contributed by atoms with E-state index in [1.807, 2.05) is 12.1 Å². The summed E-state index contributed by atoms with van der Waals surface area (Å²) in [6.45, 7) is 1.47. The van der Waals surface area contributed by atoms with Crippen molar-refractivity contribution in [2.75, 3.05) is 5.32 Å². The Morgan fingerprint density at radius 1 is 1.58 bits per heavy atom. The van der Waals surface area contributed by atoms with Crippen molar-refractivity contribution in [3.05, 3.63) is 24.3 Å². The largest absolute Gasteiger partial charge is 0.428 e. The summed E-state index contributed by atoms with van der Waals surface area (Å²) in [7, 11) is 0. The van der Waals surface area contributed by atoms with Gasteiger partial charge in [0.25, 0.3) is 0 Å². The lowest BCUT2D eigenvalue weighted by Crippen LogP contribution is -2.05. The number of halogens is 1. The average molecular weight is 277 g/mol. The lowest BCUT2D eigenvalue weighted by Gasteiger charge is -2.02. The van der Waals surface area contributed by atoms with Gasteiger partial charge in [0, 0.05) is 18.7 Å². The first kappa shape index (κ1) is 9.31. The van der Waals surface area contributed by atoms with E-state index in [9.17, 15) is 4.79 Å². The van der Waals surface area contributed by atoms with Crippen LogP contribution in [0.1, 0.15) is 6.92 Å². The van der Waals surface area contributed by atoms with E-state index >= 15 is 0 Å². The number of rotatable bonds is 2. The summed E-state index contributed by atoms with van der Waals surface area (Å²) in [6.07, 6.45) is 0. The molecule has 4 heteroatoms. The highest BCUT2D eigenvalue weighted by Gasteiger charge is 1.96. The predicted molar refractivity (Wildman–Crippen MR) is 55.4 cm³/mol. The molecule has 3 nitrogen and oxygen atoms in total. The molecular weight excluding hydrogens is 269 g/mol. The SMILES string of the molecule is CC(=O)Nc1cccc(OI)c1. The molecule has 1 aromatic rings. The first-order chi connectivity index (χ1) is 5.72. The van der Waals surface area contributed by atoms with Crippen molar-refractivity contribution in [1.82, 2.24) is 0 Å². The molecule has 0 saturated carbocycles. The molecule has 1 aromatic carbocycles. The zero-order valence-electron chi connectivity index (χ0n) is 6.50. The van der Waals surface area contributed by atoms with Crippen LogP contribution in [-0.2, 0) is 4.79 Å². The molecule has 1 N–H and O–H groups in total. The Balaban J connectivity index is 2.79. The zero-order chi connectivity index (χ0) is 8.97. The maximum absolute atomic E-state index is 10.7. The van der Waals surface area contributed by atoms with Gasteiger partial charge in [-0.2, -0.15) is 0 Å². The summed E-state index contributed by atoms with van der Waals surface area (Å²) in [5.41, 5.74) is 0.747. The van der Waals surface area contributed by atoms with Crippen molar-refractivity contribution in [2.45, 2.75) is 6.92 Å². The molecule has 0 bridgehead atoms. The Bertz CT molecular complexity index is 288. The van der Waals surface area contributed by atoms with Crippen LogP contribution in [0.15, 0.2) is 24.3 Å². The molecule has 0 heterocycles. The molecule has 0 atom stereocenters. The number of anilines is 1. The number of carbonyl (C=O) groups is 1. The molecule has 0 aromatic heterocycles. The molecule has 0 fully saturated rings. The normalized spacial score (nSPS) is 9.17. The van der Waals surface area contributed by atoms with Gasteiger partial charge in [0.1, 0.15) is 5.75 Å². The smallest absolute Gasteiger partial charge is 0.221 e. The van der Waals surface area contributed by atoms with Crippen molar-refractivity contribution in [3.8, 4) is 5.75 Å². The highest BCUT2D eigenvalue weighted by atomic mass is 127. The van der Waals surface area contributed by atoms with Crippen molar-refractivity contribution in [3.63, 3.8) is 0 Å². The summed E-state index contributed by atoms with van der Waals surface area (Å²) >= 11 is 1.79. The topological polar surface area (TPSA) is 38.3 Å². The van der Waals surface area contributed by atoms with Gasteiger partial charge in [0.15, 0.2) is 23.0 Å². The van der Waals surface area contributed by atoms with Gasteiger partial charge in [0.05, 0.1) is 0 Å². The van der Waals surface area contributed by atoms with E-state index < -0.39 is 0 Å². The molecule has 1 rings (SSSR count). The molecule has 1 amide bonds. The number of benzene rings is 1. The van der Waals surface area contributed by atoms with Gasteiger partial charge in [-0.15, -0.1) is 0 Å². The number of hydrogen-bond acceptors (Lipinski definition) is 2. The van der Waals surface area contributed by atoms with E-state index in [4.69, 9.17) is 3.07 Å². The van der Waals surface area contributed by atoms with Crippen molar-refractivity contribution < 1.29 is 7.86 Å². The standard InChI is InChI=1S/C8H8INO2/c1-6(11)10-7-3-2-4-8(5-7)12-9/h2-5H,1H3,(H,10,11). The molecule has 64 valence electrons. The van der Waals surface area contributed by atoms with Gasteiger partial charge in [-0.25, -0.2) is 0 Å². The van der Waals surface area contributed by atoms with Crippen LogP contribution in [0, 0.1) is 0 Å². The fourth-order valence-electron chi connectivity index (χ4n) is 0.825. The number of amides is 1. The summed E-state index contributed by atoms with van der Waals surface area (Å²) in [5, 5.41) is 2.66. The molecule has 0 radical (unpaired) electrons. The van der Waals surface area contributed by atoms with Crippen LogP contribution < -0.4 is 8.38 Å². The minimum Gasteiger partial charge on any atom is -0.428 e. The molecule has 0 saturated heterocycles. The minimum absolute atomic E-state index is 0.0828. The van der Waals surface area contributed by atoms with E-state index in [0.717, 1.165) is 11.4 Å². The fourth-order valence-corrected chi connectivity index (χ4v) is 1.10. The lowest BCUT2D eigenvalue weighted by molar-refractivity contribution is -0.114. The summed E-state index contributed by atoms with van der Waals surface area (Å²) in [6, 6.07) is 7.20. The molecule has 0 aliphatic heterocycles. The molecule has 12 heavy (non-hydrogen) atoms. The molecule has 0 spiro atoms. The summed E-state index contributed by atoms with van der Waals surface area (Å²) < 4.78 is 4.96. The molecular formula is C8H8INO2. The predicted octanol–water partition coefficient (Wildman–Crippen LogP) is 2.37. The van der Waals surface area contributed by atoms with Gasteiger partial charge in [-0.3, -0.25) is 4.79 Å². The van der Waals surface area contributed by atoms with Crippen LogP contribution >= 0.6 is 23.0 Å². The number of carbonyl (C=O) groups excluding carboxylic acids is 1.